The SMILES string of the molecule is Cn1cc(CC(N)c2ccc(Cl)o2)nn1. The second-order valence-electron chi connectivity index (χ2n) is 3.34. The molecule has 2 rings (SSSR count). The molecular formula is C9H11ClN4O. The molecule has 80 valence electrons. The van der Waals surface area contributed by atoms with Crippen LogP contribution in [0.4, 0.5) is 0 Å². The monoisotopic (exact) mass is 226 g/mol. The fourth-order valence-electron chi connectivity index (χ4n) is 1.34. The average molecular weight is 227 g/mol. The Balaban J connectivity index is 2.06. The minimum Gasteiger partial charge on any atom is -0.448 e. The third-order valence-corrected chi connectivity index (χ3v) is 2.24. The minimum atomic E-state index is -0.241. The maximum absolute atomic E-state index is 5.92. The fraction of sp³-hybridized carbons (Fsp3) is 0.333. The van der Waals surface area contributed by atoms with Gasteiger partial charge in [-0.3, -0.25) is 4.68 Å². The van der Waals surface area contributed by atoms with E-state index < -0.39 is 0 Å². The summed E-state index contributed by atoms with van der Waals surface area (Å²) >= 11 is 5.66. The number of halogens is 1. The highest BCUT2D eigenvalue weighted by molar-refractivity contribution is 6.28. The zero-order valence-electron chi connectivity index (χ0n) is 8.22. The van der Waals surface area contributed by atoms with Crippen LogP contribution in [0.2, 0.25) is 5.22 Å². The highest BCUT2D eigenvalue weighted by Gasteiger charge is 2.13. The van der Waals surface area contributed by atoms with Crippen LogP contribution in [0.15, 0.2) is 22.7 Å². The Bertz CT molecular complexity index is 450. The maximum atomic E-state index is 5.92. The number of nitrogens with two attached hydrogens (primary N) is 1. The highest BCUT2D eigenvalue weighted by atomic mass is 35.5. The Morgan fingerprint density at radius 3 is 2.93 bits per heavy atom. The minimum absolute atomic E-state index is 0.241. The van der Waals surface area contributed by atoms with E-state index in [-0.39, 0.29) is 6.04 Å². The Morgan fingerprint density at radius 1 is 1.60 bits per heavy atom. The van der Waals surface area contributed by atoms with Gasteiger partial charge in [0.1, 0.15) is 5.76 Å². The lowest BCUT2D eigenvalue weighted by Crippen LogP contribution is -2.12. The molecule has 0 aliphatic heterocycles. The van der Waals surface area contributed by atoms with Crippen LogP contribution in [-0.2, 0) is 13.5 Å². The van der Waals surface area contributed by atoms with Crippen LogP contribution in [0.1, 0.15) is 17.5 Å². The van der Waals surface area contributed by atoms with E-state index in [1.807, 2.05) is 13.2 Å². The smallest absolute Gasteiger partial charge is 0.193 e. The molecule has 0 radical (unpaired) electrons. The van der Waals surface area contributed by atoms with Gasteiger partial charge < -0.3 is 10.2 Å². The number of nitrogens with zero attached hydrogens (tertiary/aromatic N) is 3. The Morgan fingerprint density at radius 2 is 2.40 bits per heavy atom. The summed E-state index contributed by atoms with van der Waals surface area (Å²) in [5.41, 5.74) is 6.75. The van der Waals surface area contributed by atoms with Crippen LogP contribution < -0.4 is 5.73 Å². The van der Waals surface area contributed by atoms with Gasteiger partial charge in [0, 0.05) is 19.7 Å². The van der Waals surface area contributed by atoms with Gasteiger partial charge in [-0.15, -0.1) is 5.10 Å². The van der Waals surface area contributed by atoms with Gasteiger partial charge in [-0.25, -0.2) is 0 Å². The van der Waals surface area contributed by atoms with Crippen LogP contribution in [0.5, 0.6) is 0 Å². The molecule has 0 amide bonds. The summed E-state index contributed by atoms with van der Waals surface area (Å²) in [6.07, 6.45) is 2.40. The van der Waals surface area contributed by atoms with Crippen molar-refractivity contribution in [1.82, 2.24) is 15.0 Å². The zero-order chi connectivity index (χ0) is 10.8. The summed E-state index contributed by atoms with van der Waals surface area (Å²) in [6, 6.07) is 3.20. The summed E-state index contributed by atoms with van der Waals surface area (Å²) < 4.78 is 6.85. The predicted molar refractivity (Wildman–Crippen MR) is 55.4 cm³/mol. The molecule has 0 fully saturated rings. The second-order valence-corrected chi connectivity index (χ2v) is 3.71. The van der Waals surface area contributed by atoms with E-state index in [0.717, 1.165) is 5.69 Å². The molecule has 1 atom stereocenters. The Hall–Kier alpha value is -1.33. The lowest BCUT2D eigenvalue weighted by atomic mass is 10.1. The lowest BCUT2D eigenvalue weighted by molar-refractivity contribution is 0.464. The van der Waals surface area contributed by atoms with Crippen LogP contribution in [-0.4, -0.2) is 15.0 Å². The second kappa shape index (κ2) is 4.04. The number of hydrogen-bond acceptors (Lipinski definition) is 4. The largest absolute Gasteiger partial charge is 0.448 e. The normalized spacial score (nSPS) is 13.0. The third-order valence-electron chi connectivity index (χ3n) is 2.04. The van der Waals surface area contributed by atoms with Crippen molar-refractivity contribution in [3.63, 3.8) is 0 Å². The van der Waals surface area contributed by atoms with E-state index in [9.17, 15) is 0 Å². The van der Waals surface area contributed by atoms with Gasteiger partial charge in [-0.05, 0) is 23.7 Å². The van der Waals surface area contributed by atoms with Crippen molar-refractivity contribution in [2.45, 2.75) is 12.5 Å². The number of hydrogen-bond donors (Lipinski definition) is 1. The van der Waals surface area contributed by atoms with E-state index in [4.69, 9.17) is 21.8 Å². The van der Waals surface area contributed by atoms with Crippen molar-refractivity contribution >= 4 is 11.6 Å². The average Bonchev–Trinajstić information content (AvgIpc) is 2.75. The van der Waals surface area contributed by atoms with Gasteiger partial charge in [-0.2, -0.15) is 0 Å². The molecule has 0 aliphatic carbocycles. The molecule has 0 saturated carbocycles. The standard InChI is InChI=1S/C9H11ClN4O/c1-14-5-6(12-13-14)4-7(11)8-2-3-9(10)15-8/h2-3,5,7H,4,11H2,1H3. The number of aromatic nitrogens is 3. The van der Waals surface area contributed by atoms with Gasteiger partial charge >= 0.3 is 0 Å². The molecule has 0 aliphatic rings. The Labute approximate surface area is 91.8 Å². The summed E-state index contributed by atoms with van der Waals surface area (Å²) in [5, 5.41) is 8.12. The first-order chi connectivity index (χ1) is 7.15. The first kappa shape index (κ1) is 10.2. The molecule has 6 heteroatoms. The number of aryl methyl sites for hydroxylation is 1. The topological polar surface area (TPSA) is 69.9 Å². The van der Waals surface area contributed by atoms with E-state index in [2.05, 4.69) is 10.3 Å². The van der Waals surface area contributed by atoms with E-state index >= 15 is 0 Å². The molecule has 1 unspecified atom stereocenters. The predicted octanol–water partition coefficient (Wildman–Crippen LogP) is 1.30. The molecule has 0 spiro atoms. The number of furan rings is 1. The fourth-order valence-corrected chi connectivity index (χ4v) is 1.49. The van der Waals surface area contributed by atoms with E-state index in [0.29, 0.717) is 17.4 Å². The maximum Gasteiger partial charge on any atom is 0.193 e. The van der Waals surface area contributed by atoms with Crippen molar-refractivity contribution in [1.29, 1.82) is 0 Å². The van der Waals surface area contributed by atoms with Crippen LogP contribution >= 0.6 is 11.6 Å². The van der Waals surface area contributed by atoms with Gasteiger partial charge in [0.05, 0.1) is 11.7 Å². The third kappa shape index (κ3) is 2.37. The quantitative estimate of drug-likeness (QED) is 0.857. The van der Waals surface area contributed by atoms with Crippen molar-refractivity contribution in [2.75, 3.05) is 0 Å². The summed E-state index contributed by atoms with van der Waals surface area (Å²) in [6.45, 7) is 0. The highest BCUT2D eigenvalue weighted by Crippen LogP contribution is 2.20. The van der Waals surface area contributed by atoms with Gasteiger partial charge in [0.25, 0.3) is 0 Å². The van der Waals surface area contributed by atoms with Crippen molar-refractivity contribution in [3.8, 4) is 0 Å². The molecule has 15 heavy (non-hydrogen) atoms. The van der Waals surface area contributed by atoms with Crippen molar-refractivity contribution < 1.29 is 4.42 Å². The lowest BCUT2D eigenvalue weighted by Gasteiger charge is -2.04. The molecule has 5 nitrogen and oxygen atoms in total. The molecular weight excluding hydrogens is 216 g/mol. The van der Waals surface area contributed by atoms with Gasteiger partial charge in [-0.1, -0.05) is 5.21 Å². The Kier molecular flexibility index (Phi) is 2.75. The van der Waals surface area contributed by atoms with Crippen LogP contribution in [0.25, 0.3) is 0 Å². The van der Waals surface area contributed by atoms with Gasteiger partial charge in [0.15, 0.2) is 5.22 Å². The first-order valence-electron chi connectivity index (χ1n) is 4.51. The molecule has 0 saturated heterocycles. The molecule has 0 bridgehead atoms. The molecule has 2 aromatic heterocycles. The van der Waals surface area contributed by atoms with Crippen LogP contribution in [0, 0.1) is 0 Å². The van der Waals surface area contributed by atoms with Crippen molar-refractivity contribution in [2.24, 2.45) is 12.8 Å². The molecule has 2 aromatic rings. The van der Waals surface area contributed by atoms with E-state index in [1.165, 1.54) is 0 Å². The van der Waals surface area contributed by atoms with E-state index in [1.54, 1.807) is 16.8 Å². The van der Waals surface area contributed by atoms with Crippen molar-refractivity contribution in [3.05, 3.63) is 35.0 Å². The number of rotatable bonds is 3. The first-order valence-corrected chi connectivity index (χ1v) is 4.89. The summed E-state index contributed by atoms with van der Waals surface area (Å²) in [4.78, 5) is 0. The zero-order valence-corrected chi connectivity index (χ0v) is 8.98. The van der Waals surface area contributed by atoms with Gasteiger partial charge in [0.2, 0.25) is 0 Å². The summed E-state index contributed by atoms with van der Waals surface area (Å²) in [7, 11) is 1.81. The summed E-state index contributed by atoms with van der Waals surface area (Å²) in [5.74, 6) is 0.658. The molecule has 2 heterocycles. The molecule has 2 N–H and O–H groups in total. The van der Waals surface area contributed by atoms with Crippen LogP contribution in [0.3, 0.4) is 0 Å². The molecule has 0 aromatic carbocycles.